The van der Waals surface area contributed by atoms with E-state index in [1.165, 1.54) is 14.0 Å². The fraction of sp³-hybridized carbons (Fsp3) is 0.316. The lowest BCUT2D eigenvalue weighted by Gasteiger charge is -2.27. The van der Waals surface area contributed by atoms with E-state index >= 15 is 0 Å². The lowest BCUT2D eigenvalue weighted by atomic mass is 10.1. The summed E-state index contributed by atoms with van der Waals surface area (Å²) >= 11 is 5.68. The van der Waals surface area contributed by atoms with Crippen LogP contribution in [0.25, 0.3) is 0 Å². The van der Waals surface area contributed by atoms with Crippen LogP contribution >= 0.6 is 11.6 Å². The standard InChI is InChI=1S/C19H16ClF5N4O2/c1-9-3-10(19(23,24)25)4-17(26-9)29-16(5-11(8-30)27-29)18(31)28(2)15-6-12(20)13(21)7-14(15)22/h3-4,6-7,16,30H,5,8H2,1-2H3. The minimum Gasteiger partial charge on any atom is -0.390 e. The molecule has 31 heavy (non-hydrogen) atoms. The molecule has 12 heteroatoms. The fourth-order valence-electron chi connectivity index (χ4n) is 3.11. The zero-order chi connectivity index (χ0) is 23.1. The smallest absolute Gasteiger partial charge is 0.390 e. The molecule has 1 atom stereocenters. The molecule has 0 saturated carbocycles. The lowest BCUT2D eigenvalue weighted by Crippen LogP contribution is -2.44. The average Bonchev–Trinajstić information content (AvgIpc) is 3.13. The van der Waals surface area contributed by atoms with Gasteiger partial charge in [0.1, 0.15) is 23.5 Å². The van der Waals surface area contributed by atoms with Crippen molar-refractivity contribution in [2.75, 3.05) is 23.6 Å². The molecule has 0 saturated heterocycles. The predicted molar refractivity (Wildman–Crippen MR) is 104 cm³/mol. The molecule has 1 aliphatic heterocycles. The Kier molecular flexibility index (Phi) is 6.19. The molecular formula is C19H16ClF5N4O2. The van der Waals surface area contributed by atoms with Crippen molar-refractivity contribution in [1.29, 1.82) is 0 Å². The Morgan fingerprint density at radius 2 is 1.94 bits per heavy atom. The molecule has 0 fully saturated rings. The van der Waals surface area contributed by atoms with Crippen LogP contribution in [0.3, 0.4) is 0 Å². The number of rotatable bonds is 4. The molecule has 1 aromatic heterocycles. The number of hydrogen-bond acceptors (Lipinski definition) is 5. The summed E-state index contributed by atoms with van der Waals surface area (Å²) in [4.78, 5) is 18.0. The van der Waals surface area contributed by atoms with Crippen LogP contribution in [0.2, 0.25) is 5.02 Å². The maximum Gasteiger partial charge on any atom is 0.416 e. The van der Waals surface area contributed by atoms with E-state index in [4.69, 9.17) is 11.6 Å². The van der Waals surface area contributed by atoms with Gasteiger partial charge in [-0.15, -0.1) is 0 Å². The first kappa shape index (κ1) is 22.9. The van der Waals surface area contributed by atoms with Crippen molar-refractivity contribution in [3.05, 3.63) is 52.2 Å². The molecule has 0 aliphatic carbocycles. The van der Waals surface area contributed by atoms with E-state index in [0.29, 0.717) is 6.07 Å². The van der Waals surface area contributed by atoms with E-state index in [1.807, 2.05) is 0 Å². The quantitative estimate of drug-likeness (QED) is 0.552. The minimum atomic E-state index is -4.66. The maximum absolute atomic E-state index is 14.2. The SMILES string of the molecule is Cc1cc(C(F)(F)F)cc(N2N=C(CO)CC2C(=O)N(C)c2cc(Cl)c(F)cc2F)n1. The molecule has 1 aromatic carbocycles. The Balaban J connectivity index is 2.00. The molecule has 2 aromatic rings. The number of nitrogens with zero attached hydrogens (tertiary/aromatic N) is 4. The van der Waals surface area contributed by atoms with Crippen molar-refractivity contribution in [3.63, 3.8) is 0 Å². The summed E-state index contributed by atoms with van der Waals surface area (Å²) in [7, 11) is 1.20. The van der Waals surface area contributed by atoms with E-state index < -0.39 is 47.0 Å². The highest BCUT2D eigenvalue weighted by Crippen LogP contribution is 2.34. The maximum atomic E-state index is 14.2. The molecule has 1 N–H and O–H groups in total. The summed E-state index contributed by atoms with van der Waals surface area (Å²) in [5.41, 5.74) is -1.16. The molecule has 0 spiro atoms. The summed E-state index contributed by atoms with van der Waals surface area (Å²) in [6.45, 7) is 0.809. The van der Waals surface area contributed by atoms with Crippen molar-refractivity contribution in [2.45, 2.75) is 25.6 Å². The van der Waals surface area contributed by atoms with Gasteiger partial charge in [0.25, 0.3) is 5.91 Å². The highest BCUT2D eigenvalue weighted by atomic mass is 35.5. The summed E-state index contributed by atoms with van der Waals surface area (Å²) in [6, 6.07) is 1.79. The van der Waals surface area contributed by atoms with E-state index in [0.717, 1.165) is 28.1 Å². The van der Waals surface area contributed by atoms with Crippen LogP contribution in [0.5, 0.6) is 0 Å². The zero-order valence-electron chi connectivity index (χ0n) is 16.2. The van der Waals surface area contributed by atoms with Crippen molar-refractivity contribution in [1.82, 2.24) is 4.98 Å². The number of halogens is 6. The zero-order valence-corrected chi connectivity index (χ0v) is 17.0. The van der Waals surface area contributed by atoms with Gasteiger partial charge in [-0.2, -0.15) is 18.3 Å². The van der Waals surface area contributed by atoms with Crippen LogP contribution in [0.4, 0.5) is 33.5 Å². The van der Waals surface area contributed by atoms with Crippen LogP contribution in [0.1, 0.15) is 17.7 Å². The second-order valence-corrected chi connectivity index (χ2v) is 7.26. The Labute approximate surface area is 178 Å². The van der Waals surface area contributed by atoms with Gasteiger partial charge in [0, 0.05) is 25.2 Å². The first-order valence-corrected chi connectivity index (χ1v) is 9.24. The molecule has 0 radical (unpaired) electrons. The second-order valence-electron chi connectivity index (χ2n) is 6.86. The van der Waals surface area contributed by atoms with Crippen LogP contribution < -0.4 is 9.91 Å². The number of aliphatic hydroxyl groups is 1. The highest BCUT2D eigenvalue weighted by Gasteiger charge is 2.38. The summed E-state index contributed by atoms with van der Waals surface area (Å²) < 4.78 is 67.3. The number of aromatic nitrogens is 1. The van der Waals surface area contributed by atoms with E-state index in [9.17, 15) is 31.9 Å². The number of pyridine rings is 1. The predicted octanol–water partition coefficient (Wildman–Crippen LogP) is 3.93. The molecule has 6 nitrogen and oxygen atoms in total. The molecule has 1 amide bonds. The van der Waals surface area contributed by atoms with Crippen LogP contribution in [0, 0.1) is 18.6 Å². The fourth-order valence-corrected chi connectivity index (χ4v) is 3.27. The minimum absolute atomic E-state index is 0.0355. The van der Waals surface area contributed by atoms with Crippen molar-refractivity contribution in [2.24, 2.45) is 5.10 Å². The third-order valence-corrected chi connectivity index (χ3v) is 4.91. The second kappa shape index (κ2) is 8.39. The third-order valence-electron chi connectivity index (χ3n) is 4.62. The van der Waals surface area contributed by atoms with Crippen molar-refractivity contribution >= 4 is 34.7 Å². The Morgan fingerprint density at radius 1 is 1.26 bits per heavy atom. The van der Waals surface area contributed by atoms with Crippen LogP contribution in [-0.4, -0.2) is 41.4 Å². The molecular weight excluding hydrogens is 447 g/mol. The highest BCUT2D eigenvalue weighted by molar-refractivity contribution is 6.31. The average molecular weight is 463 g/mol. The molecule has 1 aliphatic rings. The molecule has 2 heterocycles. The van der Waals surface area contributed by atoms with E-state index in [1.54, 1.807) is 0 Å². The monoisotopic (exact) mass is 462 g/mol. The summed E-state index contributed by atoms with van der Waals surface area (Å²) in [5, 5.41) is 14.0. The number of carbonyl (C=O) groups excluding carboxylic acids is 1. The number of benzene rings is 1. The number of hydrazone groups is 1. The molecule has 166 valence electrons. The van der Waals surface area contributed by atoms with Gasteiger partial charge in [0.15, 0.2) is 0 Å². The largest absolute Gasteiger partial charge is 0.416 e. The van der Waals surface area contributed by atoms with Gasteiger partial charge >= 0.3 is 6.18 Å². The topological polar surface area (TPSA) is 69.0 Å². The Hall–Kier alpha value is -2.79. The van der Waals surface area contributed by atoms with Gasteiger partial charge in [-0.05, 0) is 25.1 Å². The molecule has 1 unspecified atom stereocenters. The van der Waals surface area contributed by atoms with E-state index in [-0.39, 0.29) is 29.3 Å². The third kappa shape index (κ3) is 4.62. The number of alkyl halides is 3. The van der Waals surface area contributed by atoms with Gasteiger partial charge in [0.2, 0.25) is 0 Å². The number of anilines is 2. The van der Waals surface area contributed by atoms with Crippen LogP contribution in [-0.2, 0) is 11.0 Å². The number of aryl methyl sites for hydroxylation is 1. The molecule has 0 bridgehead atoms. The van der Waals surface area contributed by atoms with Crippen LogP contribution in [0.15, 0.2) is 29.4 Å². The van der Waals surface area contributed by atoms with Gasteiger partial charge in [0.05, 0.1) is 28.6 Å². The first-order valence-electron chi connectivity index (χ1n) is 8.86. The van der Waals surface area contributed by atoms with Gasteiger partial charge < -0.3 is 10.0 Å². The molecule has 3 rings (SSSR count). The summed E-state index contributed by atoms with van der Waals surface area (Å²) in [5.74, 6) is -3.11. The van der Waals surface area contributed by atoms with Gasteiger partial charge in [-0.1, -0.05) is 11.6 Å². The number of aliphatic hydroxyl groups excluding tert-OH is 1. The van der Waals surface area contributed by atoms with Gasteiger partial charge in [-0.3, -0.25) is 4.79 Å². The van der Waals surface area contributed by atoms with Gasteiger partial charge in [-0.25, -0.2) is 18.8 Å². The van der Waals surface area contributed by atoms with Crippen molar-refractivity contribution in [3.8, 4) is 0 Å². The normalized spacial score (nSPS) is 16.5. The lowest BCUT2D eigenvalue weighted by molar-refractivity contribution is -0.137. The summed E-state index contributed by atoms with van der Waals surface area (Å²) in [6.07, 6.45) is -4.79. The Morgan fingerprint density at radius 3 is 2.55 bits per heavy atom. The number of amides is 1. The number of likely N-dealkylation sites (N-methyl/N-ethyl adjacent to an activating group) is 1. The van der Waals surface area contributed by atoms with Crippen molar-refractivity contribution < 1.29 is 31.9 Å². The number of carbonyl (C=O) groups is 1. The van der Waals surface area contributed by atoms with E-state index in [2.05, 4.69) is 10.1 Å². The Bertz CT molecular complexity index is 1060. The number of hydrogen-bond donors (Lipinski definition) is 1. The first-order chi connectivity index (χ1) is 14.4.